The van der Waals surface area contributed by atoms with E-state index in [1.807, 2.05) is 30.2 Å². The molecule has 3 aromatic rings. The molecule has 0 bridgehead atoms. The van der Waals surface area contributed by atoms with Crippen LogP contribution in [0.2, 0.25) is 0 Å². The summed E-state index contributed by atoms with van der Waals surface area (Å²) in [6.07, 6.45) is 9.49. The number of rotatable bonds is 5. The Hall–Kier alpha value is -2.50. The van der Waals surface area contributed by atoms with Gasteiger partial charge in [0.1, 0.15) is 11.6 Å². The lowest BCUT2D eigenvalue weighted by molar-refractivity contribution is 0.665. The maximum absolute atomic E-state index is 4.90. The Kier molecular flexibility index (Phi) is 4.57. The number of aromatic nitrogens is 5. The molecule has 6 nitrogen and oxygen atoms in total. The predicted octanol–water partition coefficient (Wildman–Crippen LogP) is 3.77. The van der Waals surface area contributed by atoms with Crippen LogP contribution in [0, 0.1) is 6.92 Å². The summed E-state index contributed by atoms with van der Waals surface area (Å²) >= 11 is 0. The van der Waals surface area contributed by atoms with Crippen molar-refractivity contribution < 1.29 is 0 Å². The van der Waals surface area contributed by atoms with E-state index in [0.29, 0.717) is 5.92 Å². The largest absolute Gasteiger partial charge is 0.367 e. The molecule has 1 aliphatic rings. The first kappa shape index (κ1) is 16.9. The van der Waals surface area contributed by atoms with Gasteiger partial charge in [0, 0.05) is 37.3 Å². The Morgan fingerprint density at radius 3 is 2.85 bits per heavy atom. The van der Waals surface area contributed by atoms with Gasteiger partial charge in [-0.15, -0.1) is 0 Å². The molecule has 1 N–H and O–H groups in total. The molecule has 0 radical (unpaired) electrons. The number of aryl methyl sites for hydroxylation is 2. The van der Waals surface area contributed by atoms with Crippen molar-refractivity contribution in [3.63, 3.8) is 0 Å². The Morgan fingerprint density at radius 1 is 1.27 bits per heavy atom. The normalized spacial score (nSPS) is 16.3. The van der Waals surface area contributed by atoms with Gasteiger partial charge < -0.3 is 5.32 Å². The van der Waals surface area contributed by atoms with Crippen molar-refractivity contribution in [1.29, 1.82) is 0 Å². The zero-order valence-corrected chi connectivity index (χ0v) is 15.7. The first-order valence-corrected chi connectivity index (χ1v) is 9.48. The molecule has 1 fully saturated rings. The average Bonchev–Trinajstić information content (AvgIpc) is 3.28. The number of anilines is 1. The van der Waals surface area contributed by atoms with Gasteiger partial charge in [-0.2, -0.15) is 5.10 Å². The van der Waals surface area contributed by atoms with Crippen molar-refractivity contribution in [2.75, 3.05) is 5.32 Å². The molecule has 4 rings (SSSR count). The lowest BCUT2D eigenvalue weighted by atomic mass is 10.1. The molecule has 1 atom stereocenters. The Bertz CT molecular complexity index is 910. The van der Waals surface area contributed by atoms with E-state index in [4.69, 9.17) is 9.97 Å². The molecular formula is C20H26N6. The van der Waals surface area contributed by atoms with E-state index in [1.54, 1.807) is 0 Å². The summed E-state index contributed by atoms with van der Waals surface area (Å²) in [5, 5.41) is 8.97. The van der Waals surface area contributed by atoms with E-state index in [2.05, 4.69) is 35.3 Å². The van der Waals surface area contributed by atoms with Gasteiger partial charge in [0.15, 0.2) is 5.65 Å². The van der Waals surface area contributed by atoms with Gasteiger partial charge in [0.25, 0.3) is 0 Å². The fourth-order valence-corrected chi connectivity index (χ4v) is 3.82. The second-order valence-electron chi connectivity index (χ2n) is 7.43. The number of nitrogens with zero attached hydrogens (tertiary/aromatic N) is 5. The number of hydrogen-bond acceptors (Lipinski definition) is 5. The third kappa shape index (κ3) is 3.28. The summed E-state index contributed by atoms with van der Waals surface area (Å²) in [6, 6.07) is 4.31. The molecule has 0 saturated heterocycles. The van der Waals surface area contributed by atoms with Gasteiger partial charge in [0.2, 0.25) is 0 Å². The van der Waals surface area contributed by atoms with Crippen molar-refractivity contribution in [2.24, 2.45) is 7.05 Å². The van der Waals surface area contributed by atoms with Crippen molar-refractivity contribution in [1.82, 2.24) is 24.7 Å². The summed E-state index contributed by atoms with van der Waals surface area (Å²) in [4.78, 5) is 14.2. The predicted molar refractivity (Wildman–Crippen MR) is 103 cm³/mol. The highest BCUT2D eigenvalue weighted by molar-refractivity contribution is 5.86. The second kappa shape index (κ2) is 7.02. The molecular weight excluding hydrogens is 324 g/mol. The van der Waals surface area contributed by atoms with Crippen molar-refractivity contribution in [3.05, 3.63) is 41.6 Å². The standard InChI is InChI=1S/C20H26N6/c1-13-7-6-10-21-17(13)11-14(2)23-19-16-12-22-26(3)20(16)25-18(24-19)15-8-4-5-9-15/h6-7,10,12,14-15H,4-5,8-9,11H2,1-3H3,(H,23,24,25). The highest BCUT2D eigenvalue weighted by Crippen LogP contribution is 2.34. The molecule has 1 unspecified atom stereocenters. The number of pyridine rings is 1. The number of hydrogen-bond donors (Lipinski definition) is 1. The molecule has 3 aromatic heterocycles. The zero-order chi connectivity index (χ0) is 18.1. The van der Waals surface area contributed by atoms with Gasteiger partial charge >= 0.3 is 0 Å². The van der Waals surface area contributed by atoms with E-state index >= 15 is 0 Å². The minimum atomic E-state index is 0.221. The van der Waals surface area contributed by atoms with Crippen molar-refractivity contribution in [2.45, 2.75) is 57.9 Å². The minimum absolute atomic E-state index is 0.221. The van der Waals surface area contributed by atoms with Crippen LogP contribution in [-0.4, -0.2) is 30.8 Å². The van der Waals surface area contributed by atoms with E-state index in [9.17, 15) is 0 Å². The fourth-order valence-electron chi connectivity index (χ4n) is 3.82. The van der Waals surface area contributed by atoms with Crippen LogP contribution in [0.25, 0.3) is 11.0 Å². The van der Waals surface area contributed by atoms with E-state index < -0.39 is 0 Å². The smallest absolute Gasteiger partial charge is 0.163 e. The first-order chi connectivity index (χ1) is 12.6. The third-order valence-corrected chi connectivity index (χ3v) is 5.33. The lowest BCUT2D eigenvalue weighted by Gasteiger charge is -2.17. The first-order valence-electron chi connectivity index (χ1n) is 9.48. The summed E-state index contributed by atoms with van der Waals surface area (Å²) in [5.41, 5.74) is 3.26. The van der Waals surface area contributed by atoms with Crippen LogP contribution in [0.4, 0.5) is 5.82 Å². The van der Waals surface area contributed by atoms with E-state index in [0.717, 1.165) is 34.8 Å². The van der Waals surface area contributed by atoms with Crippen LogP contribution in [0.1, 0.15) is 55.6 Å². The van der Waals surface area contributed by atoms with Crippen LogP contribution in [0.5, 0.6) is 0 Å². The van der Waals surface area contributed by atoms with Crippen LogP contribution < -0.4 is 5.32 Å². The molecule has 26 heavy (non-hydrogen) atoms. The lowest BCUT2D eigenvalue weighted by Crippen LogP contribution is -2.21. The fraction of sp³-hybridized carbons (Fsp3) is 0.500. The van der Waals surface area contributed by atoms with Crippen LogP contribution in [0.3, 0.4) is 0 Å². The van der Waals surface area contributed by atoms with Gasteiger partial charge in [-0.1, -0.05) is 18.9 Å². The Labute approximate surface area is 154 Å². The van der Waals surface area contributed by atoms with Gasteiger partial charge in [-0.05, 0) is 38.3 Å². The number of nitrogens with one attached hydrogen (secondary N) is 1. The van der Waals surface area contributed by atoms with Crippen LogP contribution >= 0.6 is 0 Å². The molecule has 1 saturated carbocycles. The number of fused-ring (bicyclic) bond motifs is 1. The summed E-state index contributed by atoms with van der Waals surface area (Å²) in [5.74, 6) is 2.33. The molecule has 0 spiro atoms. The SMILES string of the molecule is Cc1cccnc1CC(C)Nc1nc(C2CCCC2)nc2c1cnn2C. The van der Waals surface area contributed by atoms with Crippen molar-refractivity contribution in [3.8, 4) is 0 Å². The van der Waals surface area contributed by atoms with Gasteiger partial charge in [0.05, 0.1) is 11.6 Å². The topological polar surface area (TPSA) is 68.5 Å². The molecule has 3 heterocycles. The summed E-state index contributed by atoms with van der Waals surface area (Å²) in [7, 11) is 1.94. The molecule has 6 heteroatoms. The maximum atomic E-state index is 4.90. The van der Waals surface area contributed by atoms with Crippen LogP contribution in [-0.2, 0) is 13.5 Å². The molecule has 136 valence electrons. The van der Waals surface area contributed by atoms with Crippen molar-refractivity contribution >= 4 is 16.9 Å². The summed E-state index contributed by atoms with van der Waals surface area (Å²) in [6.45, 7) is 4.28. The summed E-state index contributed by atoms with van der Waals surface area (Å²) < 4.78 is 1.84. The Morgan fingerprint density at radius 2 is 2.08 bits per heavy atom. The van der Waals surface area contributed by atoms with Crippen LogP contribution in [0.15, 0.2) is 24.5 Å². The van der Waals surface area contributed by atoms with Gasteiger partial charge in [-0.3, -0.25) is 9.67 Å². The quantitative estimate of drug-likeness (QED) is 0.758. The molecule has 0 amide bonds. The third-order valence-electron chi connectivity index (χ3n) is 5.33. The highest BCUT2D eigenvalue weighted by Gasteiger charge is 2.23. The monoisotopic (exact) mass is 350 g/mol. The maximum Gasteiger partial charge on any atom is 0.163 e. The van der Waals surface area contributed by atoms with E-state index in [-0.39, 0.29) is 6.04 Å². The Balaban J connectivity index is 1.63. The average molecular weight is 350 g/mol. The second-order valence-corrected chi connectivity index (χ2v) is 7.43. The highest BCUT2D eigenvalue weighted by atomic mass is 15.3. The minimum Gasteiger partial charge on any atom is -0.367 e. The zero-order valence-electron chi connectivity index (χ0n) is 15.7. The molecule has 1 aliphatic carbocycles. The van der Waals surface area contributed by atoms with E-state index in [1.165, 1.54) is 31.2 Å². The molecule has 0 aromatic carbocycles. The van der Waals surface area contributed by atoms with Gasteiger partial charge in [-0.25, -0.2) is 9.97 Å². The molecule has 0 aliphatic heterocycles.